The Hall–Kier alpha value is -2.45. The smallest absolute Gasteiger partial charge is 0.394 e. The molecule has 43 heavy (non-hydrogen) atoms. The molecule has 1 aromatic carbocycles. The molecular weight excluding hydrogens is 589 g/mol. The average molecular weight is 627 g/mol. The summed E-state index contributed by atoms with van der Waals surface area (Å²) in [6, 6.07) is 7.70. The van der Waals surface area contributed by atoms with Crippen molar-refractivity contribution in [3.05, 3.63) is 35.9 Å². The lowest BCUT2D eigenvalue weighted by Gasteiger charge is -2.47. The van der Waals surface area contributed by atoms with E-state index in [1.165, 1.54) is 0 Å². The fraction of sp³-hybridized carbons (Fsp3) is 0.692. The molecule has 4 unspecified atom stereocenters. The Labute approximate surface area is 244 Å². The molecule has 2 heterocycles. The standard InChI is InChI=1S/C26H37F3N2O12/c1-13(33)31-17-19(35)22(43-24-21(37)20(36)18(34)15(10-32)41-24)16(12-39-11-14-6-3-2-4-7-14)42-23(17)40-9-5-8-30-25(38)26(27,28)29/h2-4,6-7,15-24,32,34-37H,5,8-12H2,1H3,(H,30,38)(H,31,33)/t15?,16?,17?,18-,19+,20-,21?,22+,23+,24-/m0/s1. The van der Waals surface area contributed by atoms with Crippen LogP contribution in [0.2, 0.25) is 0 Å². The summed E-state index contributed by atoms with van der Waals surface area (Å²) in [4.78, 5) is 23.0. The number of alkyl halides is 3. The molecule has 2 fully saturated rings. The van der Waals surface area contributed by atoms with Crippen molar-refractivity contribution in [2.75, 3.05) is 26.4 Å². The largest absolute Gasteiger partial charge is 0.471 e. The molecule has 2 amide bonds. The van der Waals surface area contributed by atoms with Crippen LogP contribution in [0, 0.1) is 0 Å². The van der Waals surface area contributed by atoms with Gasteiger partial charge in [0.15, 0.2) is 12.6 Å². The number of ether oxygens (including phenoxy) is 5. The third-order valence-electron chi connectivity index (χ3n) is 6.72. The Bertz CT molecular complexity index is 1020. The van der Waals surface area contributed by atoms with Gasteiger partial charge in [0.25, 0.3) is 0 Å². The van der Waals surface area contributed by atoms with E-state index in [4.69, 9.17) is 23.7 Å². The average Bonchev–Trinajstić information content (AvgIpc) is 2.96. The lowest BCUT2D eigenvalue weighted by atomic mass is 9.95. The number of halogens is 3. The highest BCUT2D eigenvalue weighted by Crippen LogP contribution is 2.30. The van der Waals surface area contributed by atoms with Gasteiger partial charge in [0.1, 0.15) is 48.8 Å². The van der Waals surface area contributed by atoms with E-state index in [1.807, 2.05) is 6.07 Å². The molecule has 0 radical (unpaired) electrons. The summed E-state index contributed by atoms with van der Waals surface area (Å²) in [5, 5.41) is 55.7. The fourth-order valence-electron chi connectivity index (χ4n) is 4.53. The summed E-state index contributed by atoms with van der Waals surface area (Å²) in [7, 11) is 0. The molecule has 0 spiro atoms. The summed E-state index contributed by atoms with van der Waals surface area (Å²) in [6.45, 7) is -0.331. The number of rotatable bonds is 13. The molecule has 2 saturated heterocycles. The maximum Gasteiger partial charge on any atom is 0.471 e. The number of benzene rings is 1. The van der Waals surface area contributed by atoms with Crippen LogP contribution in [-0.4, -0.2) is 131 Å². The molecule has 10 atom stereocenters. The number of hydrogen-bond acceptors (Lipinski definition) is 12. The molecule has 0 saturated carbocycles. The quantitative estimate of drug-likeness (QED) is 0.120. The van der Waals surface area contributed by atoms with E-state index in [9.17, 15) is 48.3 Å². The Morgan fingerprint density at radius 2 is 1.63 bits per heavy atom. The van der Waals surface area contributed by atoms with Crippen LogP contribution in [0.1, 0.15) is 18.9 Å². The Morgan fingerprint density at radius 1 is 0.953 bits per heavy atom. The summed E-state index contributed by atoms with van der Waals surface area (Å²) < 4.78 is 65.8. The van der Waals surface area contributed by atoms with Crippen LogP contribution in [0.3, 0.4) is 0 Å². The number of nitrogens with one attached hydrogen (secondary N) is 2. The fourth-order valence-corrected chi connectivity index (χ4v) is 4.53. The highest BCUT2D eigenvalue weighted by molar-refractivity contribution is 5.81. The molecule has 17 heteroatoms. The number of carbonyl (C=O) groups excluding carboxylic acids is 2. The highest BCUT2D eigenvalue weighted by atomic mass is 19.4. The summed E-state index contributed by atoms with van der Waals surface area (Å²) in [5.41, 5.74) is 0.801. The second-order valence-corrected chi connectivity index (χ2v) is 10.0. The number of aliphatic hydroxyl groups is 5. The molecule has 244 valence electrons. The first-order valence-corrected chi connectivity index (χ1v) is 13.5. The van der Waals surface area contributed by atoms with Gasteiger partial charge in [0.2, 0.25) is 5.91 Å². The van der Waals surface area contributed by atoms with E-state index in [2.05, 4.69) is 5.32 Å². The van der Waals surface area contributed by atoms with Gasteiger partial charge in [-0.25, -0.2) is 0 Å². The zero-order chi connectivity index (χ0) is 31.7. The third-order valence-corrected chi connectivity index (χ3v) is 6.72. The van der Waals surface area contributed by atoms with Crippen molar-refractivity contribution in [1.82, 2.24) is 10.6 Å². The minimum atomic E-state index is -5.04. The molecule has 1 aromatic rings. The van der Waals surface area contributed by atoms with Crippen molar-refractivity contribution in [2.24, 2.45) is 0 Å². The summed E-state index contributed by atoms with van der Waals surface area (Å²) in [5.74, 6) is -2.72. The Morgan fingerprint density at radius 3 is 2.26 bits per heavy atom. The van der Waals surface area contributed by atoms with Gasteiger partial charge < -0.3 is 59.9 Å². The monoisotopic (exact) mass is 626 g/mol. The molecule has 0 aromatic heterocycles. The minimum Gasteiger partial charge on any atom is -0.394 e. The zero-order valence-electron chi connectivity index (χ0n) is 23.1. The van der Waals surface area contributed by atoms with Crippen LogP contribution < -0.4 is 10.6 Å². The van der Waals surface area contributed by atoms with Gasteiger partial charge in [-0.05, 0) is 12.0 Å². The first-order chi connectivity index (χ1) is 20.3. The van der Waals surface area contributed by atoms with Crippen LogP contribution in [-0.2, 0) is 39.9 Å². The second kappa shape index (κ2) is 16.0. The van der Waals surface area contributed by atoms with Gasteiger partial charge in [-0.1, -0.05) is 30.3 Å². The van der Waals surface area contributed by atoms with Crippen molar-refractivity contribution >= 4 is 11.8 Å². The van der Waals surface area contributed by atoms with E-state index in [0.717, 1.165) is 12.5 Å². The predicted octanol–water partition coefficient (Wildman–Crippen LogP) is -1.94. The van der Waals surface area contributed by atoms with Gasteiger partial charge in [0.05, 0.1) is 26.4 Å². The maximum atomic E-state index is 12.4. The number of aliphatic hydroxyl groups excluding tert-OH is 5. The zero-order valence-corrected chi connectivity index (χ0v) is 23.1. The molecule has 2 aliphatic rings. The van der Waals surface area contributed by atoms with Gasteiger partial charge >= 0.3 is 12.1 Å². The molecule has 2 aliphatic heterocycles. The van der Waals surface area contributed by atoms with Crippen molar-refractivity contribution in [2.45, 2.75) is 87.5 Å². The first kappa shape index (κ1) is 35.0. The van der Waals surface area contributed by atoms with E-state index in [-0.39, 0.29) is 32.8 Å². The summed E-state index contributed by atoms with van der Waals surface area (Å²) >= 11 is 0. The van der Waals surface area contributed by atoms with Crippen LogP contribution >= 0.6 is 0 Å². The van der Waals surface area contributed by atoms with Gasteiger partial charge in [-0.2, -0.15) is 13.2 Å². The lowest BCUT2D eigenvalue weighted by Crippen LogP contribution is -2.67. The lowest BCUT2D eigenvalue weighted by molar-refractivity contribution is -0.349. The van der Waals surface area contributed by atoms with E-state index in [0.29, 0.717) is 0 Å². The van der Waals surface area contributed by atoms with E-state index in [1.54, 1.807) is 29.6 Å². The Kier molecular flexibility index (Phi) is 13.1. The molecule has 14 nitrogen and oxygen atoms in total. The normalized spacial score (nSPS) is 33.1. The molecule has 3 rings (SSSR count). The van der Waals surface area contributed by atoms with Crippen LogP contribution in [0.4, 0.5) is 13.2 Å². The van der Waals surface area contributed by atoms with Crippen LogP contribution in [0.25, 0.3) is 0 Å². The van der Waals surface area contributed by atoms with Crippen LogP contribution in [0.15, 0.2) is 30.3 Å². The van der Waals surface area contributed by atoms with E-state index >= 15 is 0 Å². The van der Waals surface area contributed by atoms with Gasteiger partial charge in [-0.3, -0.25) is 9.59 Å². The second-order valence-electron chi connectivity index (χ2n) is 10.0. The Balaban J connectivity index is 1.75. The van der Waals surface area contributed by atoms with Crippen molar-refractivity contribution in [1.29, 1.82) is 0 Å². The first-order valence-electron chi connectivity index (χ1n) is 13.5. The number of hydrogen-bond donors (Lipinski definition) is 7. The third kappa shape index (κ3) is 9.77. The van der Waals surface area contributed by atoms with Crippen molar-refractivity contribution in [3.63, 3.8) is 0 Å². The van der Waals surface area contributed by atoms with E-state index < -0.39 is 85.9 Å². The SMILES string of the molecule is CC(=O)NC1[C@H](OCCCNC(=O)C(F)(F)F)OC(COCc2ccccc2)[C@@H](O[C@@H]2OC(CO)[C@H](O)[C@H](O)C2O)[C@@H]1O. The van der Waals surface area contributed by atoms with Gasteiger partial charge in [0, 0.05) is 13.5 Å². The molecule has 0 bridgehead atoms. The highest BCUT2D eigenvalue weighted by Gasteiger charge is 2.51. The predicted molar refractivity (Wildman–Crippen MR) is 137 cm³/mol. The van der Waals surface area contributed by atoms with Crippen molar-refractivity contribution < 1.29 is 72.0 Å². The van der Waals surface area contributed by atoms with Crippen molar-refractivity contribution in [3.8, 4) is 0 Å². The molecular formula is C26H37F3N2O12. The minimum absolute atomic E-state index is 0.0788. The molecule has 7 N–H and O–H groups in total. The topological polar surface area (TPSA) is 206 Å². The number of carbonyl (C=O) groups is 2. The van der Waals surface area contributed by atoms with Crippen LogP contribution in [0.5, 0.6) is 0 Å². The van der Waals surface area contributed by atoms with Gasteiger partial charge in [-0.15, -0.1) is 0 Å². The number of amides is 2. The maximum absolute atomic E-state index is 12.4. The molecule has 0 aliphatic carbocycles. The summed E-state index contributed by atoms with van der Waals surface area (Å²) in [6.07, 6.45) is -18.9.